The largest absolute Gasteiger partial charge is 0.462 e. The second kappa shape index (κ2) is 47.1. The summed E-state index contributed by atoms with van der Waals surface area (Å²) >= 11 is 0. The van der Waals surface area contributed by atoms with E-state index in [2.05, 4.69) is 69.4 Å². The highest BCUT2D eigenvalue weighted by Gasteiger charge is 2.19. The summed E-state index contributed by atoms with van der Waals surface area (Å²) < 4.78 is 16.7. The van der Waals surface area contributed by atoms with Crippen LogP contribution in [0, 0.1) is 0 Å². The summed E-state index contributed by atoms with van der Waals surface area (Å²) in [6, 6.07) is 0. The number of unbranched alkanes of at least 4 members (excludes halogenated alkanes) is 25. The highest BCUT2D eigenvalue weighted by molar-refractivity contribution is 5.71. The van der Waals surface area contributed by atoms with E-state index in [4.69, 9.17) is 14.2 Å². The normalized spacial score (nSPS) is 12.4. The summed E-state index contributed by atoms with van der Waals surface area (Å²) in [5.74, 6) is -0.925. The molecule has 0 heterocycles. The van der Waals surface area contributed by atoms with Gasteiger partial charge in [-0.15, -0.1) is 0 Å². The predicted octanol–water partition coefficient (Wildman–Crippen LogP) is 15.9. The molecule has 0 bridgehead atoms. The molecule has 336 valence electrons. The van der Waals surface area contributed by atoms with Gasteiger partial charge in [0.2, 0.25) is 0 Å². The molecule has 0 fully saturated rings. The number of esters is 3. The van der Waals surface area contributed by atoms with Crippen LogP contribution in [0.2, 0.25) is 0 Å². The Morgan fingerprint density at radius 1 is 0.362 bits per heavy atom. The second-order valence-corrected chi connectivity index (χ2v) is 16.3. The van der Waals surface area contributed by atoms with Crippen molar-refractivity contribution in [2.45, 2.75) is 252 Å². The standard InChI is InChI=1S/C52H92O6/c1-4-7-10-13-16-19-22-25-28-30-33-36-39-42-45-51(54)57-48-49(58-52(55)46-43-40-37-34-31-27-24-21-18-15-12-9-6-3)47-56-50(53)44-41-38-35-32-29-26-23-20-17-14-11-8-5-2/h7,10,16,19,26-27,29,31,49H,4-6,8-9,11-15,17-18,20-25,28,30,32-48H2,1-3H3/b10-7-,19-16-,29-26-,31-27-. The molecule has 1 atom stereocenters. The van der Waals surface area contributed by atoms with Crippen LogP contribution in [0.3, 0.4) is 0 Å². The Hall–Kier alpha value is -2.63. The van der Waals surface area contributed by atoms with Gasteiger partial charge in [0.05, 0.1) is 0 Å². The Morgan fingerprint density at radius 3 is 1.07 bits per heavy atom. The summed E-state index contributed by atoms with van der Waals surface area (Å²) in [6.45, 7) is 6.48. The third kappa shape index (κ3) is 44.5. The number of ether oxygens (including phenoxy) is 3. The topological polar surface area (TPSA) is 78.9 Å². The molecule has 0 aromatic carbocycles. The van der Waals surface area contributed by atoms with E-state index in [1.807, 2.05) is 0 Å². The summed E-state index contributed by atoms with van der Waals surface area (Å²) in [5, 5.41) is 0. The number of hydrogen-bond acceptors (Lipinski definition) is 6. The Labute approximate surface area is 358 Å². The minimum atomic E-state index is -0.787. The van der Waals surface area contributed by atoms with Crippen LogP contribution in [0.5, 0.6) is 0 Å². The number of rotatable bonds is 44. The van der Waals surface area contributed by atoms with Crippen LogP contribution in [0.1, 0.15) is 245 Å². The first-order valence-corrected chi connectivity index (χ1v) is 24.6. The van der Waals surface area contributed by atoms with E-state index in [0.29, 0.717) is 19.3 Å². The SMILES string of the molecule is CC/C=C\C/C=C\CCCCCCCCCC(=O)OCC(COC(=O)CCCCC/C=C\CCCCCCCC)OC(=O)CCCCC/C=C\CCCCCCCC. The molecule has 58 heavy (non-hydrogen) atoms. The fraction of sp³-hybridized carbons (Fsp3) is 0.788. The third-order valence-corrected chi connectivity index (χ3v) is 10.5. The number of carbonyl (C=O) groups is 3. The molecule has 0 aromatic rings. The molecule has 0 radical (unpaired) electrons. The highest BCUT2D eigenvalue weighted by Crippen LogP contribution is 2.14. The molecule has 0 aliphatic heterocycles. The van der Waals surface area contributed by atoms with E-state index in [1.165, 1.54) is 103 Å². The molecule has 0 saturated heterocycles. The number of hydrogen-bond donors (Lipinski definition) is 0. The number of carbonyl (C=O) groups excluding carboxylic acids is 3. The van der Waals surface area contributed by atoms with Gasteiger partial charge >= 0.3 is 17.9 Å². The maximum atomic E-state index is 12.7. The van der Waals surface area contributed by atoms with Gasteiger partial charge in [-0.1, -0.05) is 179 Å². The molecule has 0 aliphatic carbocycles. The zero-order chi connectivity index (χ0) is 42.3. The first kappa shape index (κ1) is 55.4. The molecule has 0 spiro atoms. The first-order valence-electron chi connectivity index (χ1n) is 24.6. The van der Waals surface area contributed by atoms with Crippen LogP contribution in [-0.4, -0.2) is 37.2 Å². The highest BCUT2D eigenvalue weighted by atomic mass is 16.6. The molecule has 0 N–H and O–H groups in total. The third-order valence-electron chi connectivity index (χ3n) is 10.5. The predicted molar refractivity (Wildman–Crippen MR) is 247 cm³/mol. The molecule has 1 unspecified atom stereocenters. The van der Waals surface area contributed by atoms with Crippen molar-refractivity contribution in [1.29, 1.82) is 0 Å². The Morgan fingerprint density at radius 2 is 0.672 bits per heavy atom. The first-order chi connectivity index (χ1) is 28.5. The molecule has 0 rings (SSSR count). The van der Waals surface area contributed by atoms with Gasteiger partial charge in [0, 0.05) is 19.3 Å². The molecule has 0 aliphatic rings. The maximum absolute atomic E-state index is 12.7. The average Bonchev–Trinajstić information content (AvgIpc) is 3.22. The lowest BCUT2D eigenvalue weighted by atomic mass is 10.1. The van der Waals surface area contributed by atoms with E-state index in [-0.39, 0.29) is 31.1 Å². The van der Waals surface area contributed by atoms with Gasteiger partial charge in [0.25, 0.3) is 0 Å². The van der Waals surface area contributed by atoms with E-state index in [0.717, 1.165) is 103 Å². The van der Waals surface area contributed by atoms with Gasteiger partial charge in [-0.3, -0.25) is 14.4 Å². The Balaban J connectivity index is 4.42. The van der Waals surface area contributed by atoms with E-state index in [9.17, 15) is 14.4 Å². The van der Waals surface area contributed by atoms with E-state index in [1.54, 1.807) is 0 Å². The molecular weight excluding hydrogens is 721 g/mol. The van der Waals surface area contributed by atoms with Crippen molar-refractivity contribution in [2.24, 2.45) is 0 Å². The summed E-state index contributed by atoms with van der Waals surface area (Å²) in [7, 11) is 0. The zero-order valence-electron chi connectivity index (χ0n) is 38.3. The average molecular weight is 813 g/mol. The van der Waals surface area contributed by atoms with E-state index < -0.39 is 6.10 Å². The van der Waals surface area contributed by atoms with Crippen molar-refractivity contribution >= 4 is 17.9 Å². The monoisotopic (exact) mass is 813 g/mol. The molecule has 6 heteroatoms. The summed E-state index contributed by atoms with van der Waals surface area (Å²) in [6.07, 6.45) is 55.2. The lowest BCUT2D eigenvalue weighted by Gasteiger charge is -2.18. The van der Waals surface area contributed by atoms with Crippen molar-refractivity contribution in [1.82, 2.24) is 0 Å². The van der Waals surface area contributed by atoms with Crippen LogP contribution >= 0.6 is 0 Å². The maximum Gasteiger partial charge on any atom is 0.306 e. The second-order valence-electron chi connectivity index (χ2n) is 16.3. The van der Waals surface area contributed by atoms with Crippen molar-refractivity contribution in [3.63, 3.8) is 0 Å². The molecule has 6 nitrogen and oxygen atoms in total. The van der Waals surface area contributed by atoms with Crippen LogP contribution in [0.4, 0.5) is 0 Å². The van der Waals surface area contributed by atoms with Crippen molar-refractivity contribution in [2.75, 3.05) is 13.2 Å². The molecule has 0 saturated carbocycles. The van der Waals surface area contributed by atoms with Gasteiger partial charge in [-0.05, 0) is 96.3 Å². The van der Waals surface area contributed by atoms with E-state index >= 15 is 0 Å². The molecule has 0 amide bonds. The van der Waals surface area contributed by atoms with Crippen LogP contribution in [0.25, 0.3) is 0 Å². The van der Waals surface area contributed by atoms with Crippen LogP contribution in [-0.2, 0) is 28.6 Å². The van der Waals surface area contributed by atoms with Crippen LogP contribution < -0.4 is 0 Å². The van der Waals surface area contributed by atoms with Gasteiger partial charge in [0.1, 0.15) is 13.2 Å². The van der Waals surface area contributed by atoms with Crippen molar-refractivity contribution in [3.05, 3.63) is 48.6 Å². The smallest absolute Gasteiger partial charge is 0.306 e. The summed E-state index contributed by atoms with van der Waals surface area (Å²) in [5.41, 5.74) is 0. The van der Waals surface area contributed by atoms with Gasteiger partial charge in [-0.2, -0.15) is 0 Å². The lowest BCUT2D eigenvalue weighted by molar-refractivity contribution is -0.167. The summed E-state index contributed by atoms with van der Waals surface area (Å²) in [4.78, 5) is 37.8. The lowest BCUT2D eigenvalue weighted by Crippen LogP contribution is -2.30. The van der Waals surface area contributed by atoms with Crippen LogP contribution in [0.15, 0.2) is 48.6 Å². The minimum Gasteiger partial charge on any atom is -0.462 e. The van der Waals surface area contributed by atoms with Crippen molar-refractivity contribution in [3.8, 4) is 0 Å². The quantitative estimate of drug-likeness (QED) is 0.0264. The Kier molecular flexibility index (Phi) is 44.9. The van der Waals surface area contributed by atoms with Gasteiger partial charge in [-0.25, -0.2) is 0 Å². The van der Waals surface area contributed by atoms with Gasteiger partial charge < -0.3 is 14.2 Å². The minimum absolute atomic E-state index is 0.0876. The molecule has 0 aromatic heterocycles. The fourth-order valence-corrected chi connectivity index (χ4v) is 6.82. The zero-order valence-corrected chi connectivity index (χ0v) is 38.3. The van der Waals surface area contributed by atoms with Gasteiger partial charge in [0.15, 0.2) is 6.10 Å². The Bertz CT molecular complexity index is 1030. The number of allylic oxidation sites excluding steroid dienone is 8. The fourth-order valence-electron chi connectivity index (χ4n) is 6.82. The molecular formula is C52H92O6. The van der Waals surface area contributed by atoms with Crippen molar-refractivity contribution < 1.29 is 28.6 Å².